The first-order valence-corrected chi connectivity index (χ1v) is 7.68. The van der Waals surface area contributed by atoms with Crippen LogP contribution in [0.1, 0.15) is 17.0 Å². The minimum Gasteiger partial charge on any atom is -0.618 e. The maximum absolute atomic E-state index is 13.0. The van der Waals surface area contributed by atoms with E-state index in [4.69, 9.17) is 21.1 Å². The second-order valence-electron chi connectivity index (χ2n) is 5.49. The molecule has 6 nitrogen and oxygen atoms in total. The van der Waals surface area contributed by atoms with Crippen molar-refractivity contribution < 1.29 is 18.9 Å². The molecule has 0 saturated carbocycles. The predicted molar refractivity (Wildman–Crippen MR) is 85.9 cm³/mol. The van der Waals surface area contributed by atoms with Crippen LogP contribution in [0.5, 0.6) is 0 Å². The number of halogens is 1. The zero-order valence-corrected chi connectivity index (χ0v) is 13.5. The summed E-state index contributed by atoms with van der Waals surface area (Å²) in [4.78, 5) is 0. The van der Waals surface area contributed by atoms with Gasteiger partial charge in [0, 0.05) is 29.8 Å². The van der Waals surface area contributed by atoms with E-state index < -0.39 is 5.79 Å². The maximum atomic E-state index is 13.0. The molecule has 1 aromatic heterocycles. The zero-order chi connectivity index (χ0) is 16.9. The maximum Gasteiger partial charge on any atom is 0.329 e. The van der Waals surface area contributed by atoms with Crippen molar-refractivity contribution in [3.63, 3.8) is 0 Å². The molecule has 0 aliphatic carbocycles. The Morgan fingerprint density at radius 2 is 1.79 bits per heavy atom. The van der Waals surface area contributed by atoms with Crippen molar-refractivity contribution in [3.8, 4) is 0 Å². The molecule has 2 aromatic carbocycles. The highest BCUT2D eigenvalue weighted by atomic mass is 35.5. The minimum absolute atomic E-state index is 0.0355. The van der Waals surface area contributed by atoms with Crippen molar-refractivity contribution in [1.29, 1.82) is 0 Å². The smallest absolute Gasteiger partial charge is 0.329 e. The molecule has 2 heterocycles. The van der Waals surface area contributed by atoms with Crippen molar-refractivity contribution in [2.45, 2.75) is 12.4 Å². The molecule has 0 saturated heterocycles. The number of fused-ring (bicyclic) bond motifs is 2. The molecule has 0 N–H and O–H groups in total. The molecule has 0 fully saturated rings. The van der Waals surface area contributed by atoms with E-state index in [1.165, 1.54) is 7.11 Å². The Labute approximate surface area is 142 Å². The summed E-state index contributed by atoms with van der Waals surface area (Å²) in [5, 5.41) is 26.1. The summed E-state index contributed by atoms with van der Waals surface area (Å²) in [6.07, 6.45) is 0. The highest BCUT2D eigenvalue weighted by Gasteiger charge is 2.55. The molecule has 1 atom stereocenters. The first-order chi connectivity index (χ1) is 11.6. The number of aromatic nitrogens is 2. The number of methoxy groups -OCH3 is 1. The van der Waals surface area contributed by atoms with Crippen molar-refractivity contribution in [1.82, 2.24) is 0 Å². The number of benzene rings is 2. The third-order valence-corrected chi connectivity index (χ3v) is 4.49. The lowest BCUT2D eigenvalue weighted by Gasteiger charge is -2.25. The van der Waals surface area contributed by atoms with Crippen molar-refractivity contribution in [2.75, 3.05) is 7.11 Å². The number of hydrogen-bond donors (Lipinski definition) is 0. The number of ether oxygens (including phenoxy) is 2. The Bertz CT molecular complexity index is 963. The topological polar surface area (TPSA) is 72.3 Å². The lowest BCUT2D eigenvalue weighted by Crippen LogP contribution is -2.49. The number of hydrogen-bond acceptors (Lipinski definition) is 4. The van der Waals surface area contributed by atoms with Crippen molar-refractivity contribution in [2.24, 2.45) is 0 Å². The highest BCUT2D eigenvalue weighted by molar-refractivity contribution is 6.30. The summed E-state index contributed by atoms with van der Waals surface area (Å²) in [6, 6.07) is 13.5. The molecule has 1 aliphatic heterocycles. The van der Waals surface area contributed by atoms with Gasteiger partial charge in [-0.25, -0.2) is 0 Å². The molecule has 7 heteroatoms. The molecule has 24 heavy (non-hydrogen) atoms. The van der Waals surface area contributed by atoms with Gasteiger partial charge in [-0.2, -0.15) is 9.46 Å². The number of rotatable bonds is 2. The number of para-hydroxylation sites is 2. The van der Waals surface area contributed by atoms with Crippen LogP contribution in [0.15, 0.2) is 48.5 Å². The van der Waals surface area contributed by atoms with Crippen LogP contribution in [-0.4, -0.2) is 7.11 Å². The largest absolute Gasteiger partial charge is 0.618 e. The molecule has 1 unspecified atom stereocenters. The molecule has 3 aromatic rings. The van der Waals surface area contributed by atoms with E-state index >= 15 is 0 Å². The molecule has 0 spiro atoms. The summed E-state index contributed by atoms with van der Waals surface area (Å²) < 4.78 is 12.8. The van der Waals surface area contributed by atoms with Crippen LogP contribution in [-0.2, 0) is 21.9 Å². The van der Waals surface area contributed by atoms with Crippen LogP contribution in [0, 0.1) is 10.4 Å². The van der Waals surface area contributed by atoms with E-state index in [1.54, 1.807) is 48.5 Å². The second-order valence-corrected chi connectivity index (χ2v) is 5.93. The third-order valence-electron chi connectivity index (χ3n) is 4.26. The van der Waals surface area contributed by atoms with Gasteiger partial charge >= 0.3 is 5.69 Å². The summed E-state index contributed by atoms with van der Waals surface area (Å²) >= 11 is 6.07. The van der Waals surface area contributed by atoms with Crippen molar-refractivity contribution in [3.05, 3.63) is 80.9 Å². The average Bonchev–Trinajstić information content (AvgIpc) is 3.01. The minimum atomic E-state index is -1.47. The molecular formula is C17H13ClN2O4. The average molecular weight is 345 g/mol. The zero-order valence-electron chi connectivity index (χ0n) is 12.7. The van der Waals surface area contributed by atoms with E-state index in [0.29, 0.717) is 15.3 Å². The monoisotopic (exact) mass is 344 g/mol. The highest BCUT2D eigenvalue weighted by Crippen LogP contribution is 2.40. The van der Waals surface area contributed by atoms with Gasteiger partial charge < -0.3 is 19.9 Å². The Morgan fingerprint density at radius 1 is 1.08 bits per heavy atom. The van der Waals surface area contributed by atoms with Crippen molar-refractivity contribution >= 4 is 22.6 Å². The molecule has 0 bridgehead atoms. The Kier molecular flexibility index (Phi) is 3.35. The Hall–Kier alpha value is -2.41. The Morgan fingerprint density at radius 3 is 2.46 bits per heavy atom. The van der Waals surface area contributed by atoms with E-state index in [9.17, 15) is 10.4 Å². The van der Waals surface area contributed by atoms with E-state index in [-0.39, 0.29) is 29.0 Å². The first-order valence-electron chi connectivity index (χ1n) is 7.31. The lowest BCUT2D eigenvalue weighted by atomic mass is 10.0. The van der Waals surface area contributed by atoms with Gasteiger partial charge in [0.15, 0.2) is 0 Å². The van der Waals surface area contributed by atoms with Crippen LogP contribution in [0.3, 0.4) is 0 Å². The van der Waals surface area contributed by atoms with Gasteiger partial charge in [-0.3, -0.25) is 0 Å². The molecule has 0 radical (unpaired) electrons. The van der Waals surface area contributed by atoms with Gasteiger partial charge in [-0.1, -0.05) is 35.9 Å². The van der Waals surface area contributed by atoms with Gasteiger partial charge in [0.25, 0.3) is 22.5 Å². The van der Waals surface area contributed by atoms with Crippen LogP contribution < -0.4 is 9.46 Å². The normalized spacial score (nSPS) is 19.6. The van der Waals surface area contributed by atoms with Crippen LogP contribution in [0.25, 0.3) is 11.0 Å². The van der Waals surface area contributed by atoms with Crippen LogP contribution >= 0.6 is 11.6 Å². The lowest BCUT2D eigenvalue weighted by molar-refractivity contribution is -0.643. The van der Waals surface area contributed by atoms with E-state index in [2.05, 4.69) is 0 Å². The molecular weight excluding hydrogens is 332 g/mol. The molecule has 4 rings (SSSR count). The fraction of sp³-hybridized carbons (Fsp3) is 0.176. The number of nitrogens with zero attached hydrogens (tertiary/aromatic N) is 2. The van der Waals surface area contributed by atoms with Gasteiger partial charge in [0.2, 0.25) is 0 Å². The van der Waals surface area contributed by atoms with Crippen LogP contribution in [0.4, 0.5) is 0 Å². The summed E-state index contributed by atoms with van der Waals surface area (Å²) in [7, 11) is 1.43. The van der Waals surface area contributed by atoms with Gasteiger partial charge in [-0.15, -0.1) is 0 Å². The van der Waals surface area contributed by atoms with Gasteiger partial charge in [-0.05, 0) is 12.1 Å². The van der Waals surface area contributed by atoms with E-state index in [1.807, 2.05) is 0 Å². The van der Waals surface area contributed by atoms with Crippen LogP contribution in [0.2, 0.25) is 5.02 Å². The second kappa shape index (κ2) is 5.31. The SMILES string of the molecule is COC1(c2cccc(Cl)c2)OCc2c1[n+]([O-])c1ccccc1[n+]2[O-]. The first kappa shape index (κ1) is 15.1. The van der Waals surface area contributed by atoms with Gasteiger partial charge in [0.05, 0.1) is 0 Å². The standard InChI is InChI=1S/C17H13ClN2O4/c1-23-17(11-5-4-6-12(18)9-11)16-15(10-24-17)19(21)13-7-2-3-8-14(13)20(16)22/h2-9H,10H2,1H3. The fourth-order valence-electron chi connectivity index (χ4n) is 3.16. The summed E-state index contributed by atoms with van der Waals surface area (Å²) in [5.74, 6) is -1.47. The Balaban J connectivity index is 2.08. The predicted octanol–water partition coefficient (Wildman–Crippen LogP) is 2.14. The quantitative estimate of drug-likeness (QED) is 0.527. The van der Waals surface area contributed by atoms with E-state index in [0.717, 1.165) is 4.73 Å². The molecule has 0 amide bonds. The molecule has 122 valence electrons. The van der Waals surface area contributed by atoms with Gasteiger partial charge in [0.1, 0.15) is 6.61 Å². The molecule has 1 aliphatic rings. The summed E-state index contributed by atoms with van der Waals surface area (Å²) in [6.45, 7) is -0.0355. The third kappa shape index (κ3) is 1.91. The fourth-order valence-corrected chi connectivity index (χ4v) is 3.35. The summed E-state index contributed by atoms with van der Waals surface area (Å²) in [5.41, 5.74) is 1.44.